The zero-order valence-electron chi connectivity index (χ0n) is 17.1. The van der Waals surface area contributed by atoms with Crippen molar-refractivity contribution in [3.8, 4) is 11.5 Å². The summed E-state index contributed by atoms with van der Waals surface area (Å²) in [5.74, 6) is -1.82. The average molecular weight is 427 g/mol. The van der Waals surface area contributed by atoms with Crippen LogP contribution in [0, 0.1) is 11.7 Å². The van der Waals surface area contributed by atoms with Crippen molar-refractivity contribution in [2.45, 2.75) is 13.0 Å². The lowest BCUT2D eigenvalue weighted by Crippen LogP contribution is -2.58. The fourth-order valence-corrected chi connectivity index (χ4v) is 3.10. The predicted molar refractivity (Wildman–Crippen MR) is 111 cm³/mol. The van der Waals surface area contributed by atoms with Crippen LogP contribution in [0.3, 0.4) is 0 Å². The molecular formula is C22H22FN3O5. The molecule has 162 valence electrons. The molecule has 4 amide bonds. The summed E-state index contributed by atoms with van der Waals surface area (Å²) in [4.78, 5) is 42.2. The first-order valence-electron chi connectivity index (χ1n) is 9.54. The molecule has 9 heteroatoms. The monoisotopic (exact) mass is 427 g/mol. The molecule has 1 N–H and O–H groups in total. The molecule has 2 aromatic carbocycles. The molecule has 1 saturated heterocycles. The van der Waals surface area contributed by atoms with Crippen molar-refractivity contribution in [3.05, 3.63) is 59.4 Å². The number of imide groups is 2. The lowest BCUT2D eigenvalue weighted by atomic mass is 10.1. The molecule has 3 rings (SSSR count). The Balaban J connectivity index is 1.66. The predicted octanol–water partition coefficient (Wildman–Crippen LogP) is 2.35. The first-order valence-corrected chi connectivity index (χ1v) is 9.54. The molecule has 0 bridgehead atoms. The third kappa shape index (κ3) is 5.25. The Kier molecular flexibility index (Phi) is 6.96. The van der Waals surface area contributed by atoms with Gasteiger partial charge in [-0.3, -0.25) is 24.8 Å². The smallest absolute Gasteiger partial charge is 0.330 e. The lowest BCUT2D eigenvalue weighted by Gasteiger charge is -2.28. The highest BCUT2D eigenvalue weighted by Crippen LogP contribution is 2.27. The van der Waals surface area contributed by atoms with Gasteiger partial charge < -0.3 is 9.47 Å². The van der Waals surface area contributed by atoms with Gasteiger partial charge in [0.2, 0.25) is 11.8 Å². The topological polar surface area (TPSA) is 97.3 Å². The SMILES string of the molecule is COc1ccc(CCN2C(=O)NC(=O)[C@@H](C=NCc3ccc(F)cc3)C2=O)cc1OC. The number of aliphatic imine (C=N–C) groups is 1. The highest BCUT2D eigenvalue weighted by Gasteiger charge is 2.39. The minimum absolute atomic E-state index is 0.0791. The highest BCUT2D eigenvalue weighted by atomic mass is 19.1. The van der Waals surface area contributed by atoms with E-state index in [-0.39, 0.29) is 18.9 Å². The van der Waals surface area contributed by atoms with Gasteiger partial charge in [0.15, 0.2) is 17.4 Å². The fraction of sp³-hybridized carbons (Fsp3) is 0.273. The van der Waals surface area contributed by atoms with Gasteiger partial charge in [-0.05, 0) is 41.8 Å². The van der Waals surface area contributed by atoms with Crippen molar-refractivity contribution in [1.29, 1.82) is 0 Å². The number of methoxy groups -OCH3 is 2. The van der Waals surface area contributed by atoms with Gasteiger partial charge in [0.25, 0.3) is 0 Å². The normalized spacial score (nSPS) is 16.5. The van der Waals surface area contributed by atoms with E-state index in [2.05, 4.69) is 10.3 Å². The summed E-state index contributed by atoms with van der Waals surface area (Å²) in [6.45, 7) is 0.257. The summed E-state index contributed by atoms with van der Waals surface area (Å²) in [5.41, 5.74) is 1.55. The van der Waals surface area contributed by atoms with Gasteiger partial charge in [-0.25, -0.2) is 9.18 Å². The zero-order valence-corrected chi connectivity index (χ0v) is 17.1. The number of hydrogen-bond donors (Lipinski definition) is 1. The second-order valence-electron chi connectivity index (χ2n) is 6.82. The molecule has 0 aliphatic carbocycles. The van der Waals surface area contributed by atoms with Crippen molar-refractivity contribution in [2.75, 3.05) is 20.8 Å². The molecule has 0 saturated carbocycles. The molecule has 1 atom stereocenters. The Morgan fingerprint density at radius 3 is 2.39 bits per heavy atom. The van der Waals surface area contributed by atoms with Gasteiger partial charge in [-0.1, -0.05) is 18.2 Å². The van der Waals surface area contributed by atoms with Crippen molar-refractivity contribution in [2.24, 2.45) is 10.9 Å². The summed E-state index contributed by atoms with van der Waals surface area (Å²) in [6.07, 6.45) is 1.59. The first kappa shape index (κ1) is 21.9. The maximum absolute atomic E-state index is 13.0. The van der Waals surface area contributed by atoms with Gasteiger partial charge in [0, 0.05) is 12.8 Å². The number of nitrogens with zero attached hydrogens (tertiary/aromatic N) is 2. The molecule has 31 heavy (non-hydrogen) atoms. The van der Waals surface area contributed by atoms with E-state index in [1.54, 1.807) is 30.3 Å². The van der Waals surface area contributed by atoms with Crippen LogP contribution in [0.15, 0.2) is 47.5 Å². The number of carbonyl (C=O) groups excluding carboxylic acids is 3. The van der Waals surface area contributed by atoms with Crippen LogP contribution in [-0.2, 0) is 22.6 Å². The molecule has 1 aliphatic heterocycles. The molecule has 1 fully saturated rings. The van der Waals surface area contributed by atoms with Gasteiger partial charge in [-0.2, -0.15) is 0 Å². The largest absolute Gasteiger partial charge is 0.493 e. The minimum Gasteiger partial charge on any atom is -0.493 e. The molecule has 0 aromatic heterocycles. The molecule has 0 radical (unpaired) electrons. The minimum atomic E-state index is -1.21. The number of hydrogen-bond acceptors (Lipinski definition) is 6. The van der Waals surface area contributed by atoms with E-state index in [9.17, 15) is 18.8 Å². The van der Waals surface area contributed by atoms with E-state index in [1.807, 2.05) is 0 Å². The van der Waals surface area contributed by atoms with E-state index in [4.69, 9.17) is 9.47 Å². The van der Waals surface area contributed by atoms with Crippen LogP contribution in [0.25, 0.3) is 0 Å². The van der Waals surface area contributed by atoms with Crippen LogP contribution < -0.4 is 14.8 Å². The summed E-state index contributed by atoms with van der Waals surface area (Å²) >= 11 is 0. The number of halogens is 1. The number of carbonyl (C=O) groups is 3. The maximum Gasteiger partial charge on any atom is 0.330 e. The Hall–Kier alpha value is -3.75. The van der Waals surface area contributed by atoms with Crippen molar-refractivity contribution in [3.63, 3.8) is 0 Å². The standard InChI is InChI=1S/C22H22FN3O5/c1-30-18-8-5-14(11-19(18)31-2)9-10-26-21(28)17(20(27)25-22(26)29)13-24-12-15-3-6-16(23)7-4-15/h3-8,11,13,17H,9-10,12H2,1-2H3,(H,25,27,29)/t17-/m1/s1. The Morgan fingerprint density at radius 1 is 1.03 bits per heavy atom. The lowest BCUT2D eigenvalue weighted by molar-refractivity contribution is -0.139. The Bertz CT molecular complexity index is 1010. The number of urea groups is 1. The molecule has 1 heterocycles. The third-order valence-corrected chi connectivity index (χ3v) is 4.80. The van der Waals surface area contributed by atoms with E-state index in [0.717, 1.165) is 16.0 Å². The second kappa shape index (κ2) is 9.84. The van der Waals surface area contributed by atoms with Gasteiger partial charge in [0.05, 0.1) is 20.8 Å². The van der Waals surface area contributed by atoms with E-state index in [0.29, 0.717) is 17.9 Å². The van der Waals surface area contributed by atoms with Gasteiger partial charge >= 0.3 is 6.03 Å². The number of nitrogens with one attached hydrogen (secondary N) is 1. The van der Waals surface area contributed by atoms with Crippen molar-refractivity contribution in [1.82, 2.24) is 10.2 Å². The number of amides is 4. The third-order valence-electron chi connectivity index (χ3n) is 4.80. The van der Waals surface area contributed by atoms with Crippen LogP contribution in [0.4, 0.5) is 9.18 Å². The molecule has 8 nitrogen and oxygen atoms in total. The van der Waals surface area contributed by atoms with Crippen LogP contribution >= 0.6 is 0 Å². The first-order chi connectivity index (χ1) is 14.9. The Morgan fingerprint density at radius 2 is 1.71 bits per heavy atom. The van der Waals surface area contributed by atoms with Crippen LogP contribution in [0.2, 0.25) is 0 Å². The molecule has 1 aliphatic rings. The molecule has 0 unspecified atom stereocenters. The van der Waals surface area contributed by atoms with Gasteiger partial charge in [-0.15, -0.1) is 0 Å². The van der Waals surface area contributed by atoms with Crippen LogP contribution in [0.1, 0.15) is 11.1 Å². The van der Waals surface area contributed by atoms with Crippen molar-refractivity contribution < 1.29 is 28.2 Å². The Labute approximate surface area is 178 Å². The molecule has 2 aromatic rings. The molecular weight excluding hydrogens is 405 g/mol. The van der Waals surface area contributed by atoms with Crippen LogP contribution in [-0.4, -0.2) is 49.7 Å². The number of barbiturate groups is 1. The highest BCUT2D eigenvalue weighted by molar-refractivity contribution is 6.23. The second-order valence-corrected chi connectivity index (χ2v) is 6.82. The number of ether oxygens (including phenoxy) is 2. The fourth-order valence-electron chi connectivity index (χ4n) is 3.10. The summed E-state index contributed by atoms with van der Waals surface area (Å²) in [6, 6.07) is 10.3. The average Bonchev–Trinajstić information content (AvgIpc) is 2.76. The van der Waals surface area contributed by atoms with Gasteiger partial charge in [0.1, 0.15) is 5.82 Å². The summed E-state index contributed by atoms with van der Waals surface area (Å²) in [5, 5.41) is 2.18. The molecule has 0 spiro atoms. The summed E-state index contributed by atoms with van der Waals surface area (Å²) in [7, 11) is 3.05. The summed E-state index contributed by atoms with van der Waals surface area (Å²) < 4.78 is 23.4. The number of rotatable bonds is 8. The number of benzene rings is 2. The maximum atomic E-state index is 13.0. The quantitative estimate of drug-likeness (QED) is 0.515. The van der Waals surface area contributed by atoms with Crippen LogP contribution in [0.5, 0.6) is 11.5 Å². The van der Waals surface area contributed by atoms with E-state index in [1.165, 1.54) is 32.6 Å². The zero-order chi connectivity index (χ0) is 22.4. The van der Waals surface area contributed by atoms with E-state index < -0.39 is 23.8 Å². The van der Waals surface area contributed by atoms with E-state index >= 15 is 0 Å². The van der Waals surface area contributed by atoms with Crippen molar-refractivity contribution >= 4 is 24.1 Å².